The number of rotatable bonds is 9. The standard InChI is InChI=1S/C26H34N6O6/c1-5-37-25(35)24-28-19(31-38-24)14-27-23(34)21(26(2,3)4)29-22(33)20-17-8-6-7-9-18(17)32(30-20)15-16-10-12-36-13-11-16/h6-9,16,21H,5,10-15H2,1-4H3,(H,27,34)(H,29,33). The maximum Gasteiger partial charge on any atom is 0.397 e. The molecule has 1 saturated heterocycles. The second kappa shape index (κ2) is 11.7. The third kappa shape index (κ3) is 6.36. The van der Waals surface area contributed by atoms with Crippen molar-refractivity contribution >= 4 is 28.7 Å². The Balaban J connectivity index is 1.48. The fraction of sp³-hybridized carbons (Fsp3) is 0.538. The third-order valence-electron chi connectivity index (χ3n) is 6.39. The van der Waals surface area contributed by atoms with Crippen molar-refractivity contribution in [3.8, 4) is 0 Å². The van der Waals surface area contributed by atoms with Gasteiger partial charge in [-0.3, -0.25) is 14.3 Å². The Morgan fingerprint density at radius 3 is 2.63 bits per heavy atom. The molecular weight excluding hydrogens is 492 g/mol. The van der Waals surface area contributed by atoms with Gasteiger partial charge in [0.05, 0.1) is 18.7 Å². The van der Waals surface area contributed by atoms with Gasteiger partial charge in [-0.15, -0.1) is 0 Å². The van der Waals surface area contributed by atoms with Gasteiger partial charge in [0.2, 0.25) is 5.91 Å². The first-order chi connectivity index (χ1) is 18.2. The number of carbonyl (C=O) groups is 3. The molecule has 1 fully saturated rings. The maximum absolute atomic E-state index is 13.5. The summed E-state index contributed by atoms with van der Waals surface area (Å²) in [5.74, 6) is -1.37. The van der Waals surface area contributed by atoms with E-state index in [1.54, 1.807) is 6.92 Å². The van der Waals surface area contributed by atoms with Crippen LogP contribution < -0.4 is 10.6 Å². The largest absolute Gasteiger partial charge is 0.459 e. The smallest absolute Gasteiger partial charge is 0.397 e. The van der Waals surface area contributed by atoms with E-state index in [1.165, 1.54) is 0 Å². The lowest BCUT2D eigenvalue weighted by Gasteiger charge is -2.30. The molecule has 2 amide bonds. The Morgan fingerprint density at radius 2 is 1.92 bits per heavy atom. The van der Waals surface area contributed by atoms with Crippen LogP contribution >= 0.6 is 0 Å². The quantitative estimate of drug-likeness (QED) is 0.401. The highest BCUT2D eigenvalue weighted by molar-refractivity contribution is 6.06. The second-order valence-electron chi connectivity index (χ2n) is 10.3. The van der Waals surface area contributed by atoms with Gasteiger partial charge < -0.3 is 24.6 Å². The van der Waals surface area contributed by atoms with E-state index in [4.69, 9.17) is 14.0 Å². The number of nitrogens with one attached hydrogen (secondary N) is 2. The Bertz CT molecular complexity index is 1290. The van der Waals surface area contributed by atoms with Gasteiger partial charge in [0.25, 0.3) is 5.91 Å². The molecule has 2 N–H and O–H groups in total. The van der Waals surface area contributed by atoms with Crippen LogP contribution in [0, 0.1) is 11.3 Å². The van der Waals surface area contributed by atoms with Crippen molar-refractivity contribution in [2.24, 2.45) is 11.3 Å². The zero-order valence-corrected chi connectivity index (χ0v) is 22.2. The molecule has 0 aliphatic carbocycles. The van der Waals surface area contributed by atoms with Crippen LogP contribution in [0.15, 0.2) is 28.8 Å². The topological polar surface area (TPSA) is 150 Å². The number of hydrogen-bond acceptors (Lipinski definition) is 9. The minimum atomic E-state index is -0.883. The first-order valence-electron chi connectivity index (χ1n) is 12.8. The van der Waals surface area contributed by atoms with Crippen LogP contribution in [0.4, 0.5) is 0 Å². The van der Waals surface area contributed by atoms with Crippen LogP contribution in [0.5, 0.6) is 0 Å². The fourth-order valence-corrected chi connectivity index (χ4v) is 4.35. The van der Waals surface area contributed by atoms with Gasteiger partial charge in [0.1, 0.15) is 6.04 Å². The summed E-state index contributed by atoms with van der Waals surface area (Å²) in [6.45, 7) is 9.46. The molecule has 0 radical (unpaired) electrons. The number of hydrogen-bond donors (Lipinski definition) is 2. The van der Waals surface area contributed by atoms with Gasteiger partial charge in [-0.1, -0.05) is 44.1 Å². The van der Waals surface area contributed by atoms with Crippen molar-refractivity contribution < 1.29 is 28.4 Å². The molecule has 3 aromatic rings. The number of carbonyl (C=O) groups excluding carboxylic acids is 3. The van der Waals surface area contributed by atoms with Gasteiger partial charge in [0, 0.05) is 25.1 Å². The van der Waals surface area contributed by atoms with Crippen molar-refractivity contribution in [1.29, 1.82) is 0 Å². The number of benzene rings is 1. The van der Waals surface area contributed by atoms with Crippen LogP contribution in [0.3, 0.4) is 0 Å². The number of fused-ring (bicyclic) bond motifs is 1. The summed E-state index contributed by atoms with van der Waals surface area (Å²) in [6, 6.07) is 6.71. The molecule has 38 heavy (non-hydrogen) atoms. The molecule has 1 aliphatic rings. The minimum absolute atomic E-state index is 0.0904. The highest BCUT2D eigenvalue weighted by atomic mass is 16.6. The maximum atomic E-state index is 13.5. The molecule has 4 rings (SSSR count). The number of ether oxygens (including phenoxy) is 2. The normalized spacial score (nSPS) is 15.3. The van der Waals surface area contributed by atoms with Crippen LogP contribution in [-0.4, -0.2) is 63.6 Å². The predicted octanol–water partition coefficient (Wildman–Crippen LogP) is 2.48. The lowest BCUT2D eigenvalue weighted by Crippen LogP contribution is -2.53. The lowest BCUT2D eigenvalue weighted by atomic mass is 9.86. The Labute approximate surface area is 220 Å². The number of para-hydroxylation sites is 1. The van der Waals surface area contributed by atoms with Crippen LogP contribution in [0.1, 0.15) is 67.5 Å². The lowest BCUT2D eigenvalue weighted by molar-refractivity contribution is -0.125. The summed E-state index contributed by atoms with van der Waals surface area (Å²) in [6.07, 6.45) is 1.90. The summed E-state index contributed by atoms with van der Waals surface area (Å²) in [4.78, 5) is 42.3. The summed E-state index contributed by atoms with van der Waals surface area (Å²) < 4.78 is 17.1. The molecule has 1 aromatic carbocycles. The summed E-state index contributed by atoms with van der Waals surface area (Å²) in [5.41, 5.74) is 0.524. The van der Waals surface area contributed by atoms with E-state index >= 15 is 0 Å². The van der Waals surface area contributed by atoms with Crippen molar-refractivity contribution in [2.75, 3.05) is 19.8 Å². The highest BCUT2D eigenvalue weighted by Gasteiger charge is 2.34. The second-order valence-corrected chi connectivity index (χ2v) is 10.3. The fourth-order valence-electron chi connectivity index (χ4n) is 4.35. The number of esters is 1. The molecular formula is C26H34N6O6. The van der Waals surface area contributed by atoms with E-state index in [-0.39, 0.29) is 30.6 Å². The summed E-state index contributed by atoms with van der Waals surface area (Å²) in [7, 11) is 0. The molecule has 1 unspecified atom stereocenters. The number of amides is 2. The van der Waals surface area contributed by atoms with E-state index in [0.717, 1.165) is 37.0 Å². The SMILES string of the molecule is CCOC(=O)c1nc(CNC(=O)C(NC(=O)c2nn(CC3CCOCC3)c3ccccc23)C(C)(C)C)no1. The van der Waals surface area contributed by atoms with E-state index in [9.17, 15) is 14.4 Å². The van der Waals surface area contributed by atoms with Gasteiger partial charge >= 0.3 is 11.9 Å². The molecule has 2 aromatic heterocycles. The molecule has 0 saturated carbocycles. The van der Waals surface area contributed by atoms with E-state index in [2.05, 4.69) is 25.9 Å². The van der Waals surface area contributed by atoms with Gasteiger partial charge in [0.15, 0.2) is 11.5 Å². The number of aromatic nitrogens is 4. The third-order valence-corrected chi connectivity index (χ3v) is 6.39. The molecule has 1 aliphatic heterocycles. The zero-order valence-electron chi connectivity index (χ0n) is 22.2. The van der Waals surface area contributed by atoms with Crippen molar-refractivity contribution in [2.45, 2.75) is 59.7 Å². The number of nitrogens with zero attached hydrogens (tertiary/aromatic N) is 4. The van der Waals surface area contributed by atoms with E-state index in [1.807, 2.05) is 49.7 Å². The molecule has 0 bridgehead atoms. The molecule has 12 heteroatoms. The minimum Gasteiger partial charge on any atom is -0.459 e. The molecule has 3 heterocycles. The first-order valence-corrected chi connectivity index (χ1v) is 12.8. The highest BCUT2D eigenvalue weighted by Crippen LogP contribution is 2.25. The van der Waals surface area contributed by atoms with Gasteiger partial charge in [-0.2, -0.15) is 10.1 Å². The van der Waals surface area contributed by atoms with Crippen molar-refractivity contribution in [3.63, 3.8) is 0 Å². The summed E-state index contributed by atoms with van der Waals surface area (Å²) >= 11 is 0. The van der Waals surface area contributed by atoms with Crippen molar-refractivity contribution in [3.05, 3.63) is 41.7 Å². The molecule has 12 nitrogen and oxygen atoms in total. The average molecular weight is 527 g/mol. The van der Waals surface area contributed by atoms with E-state index in [0.29, 0.717) is 12.5 Å². The molecule has 0 spiro atoms. The summed E-state index contributed by atoms with van der Waals surface area (Å²) in [5, 5.41) is 14.7. The monoisotopic (exact) mass is 526 g/mol. The first kappa shape index (κ1) is 27.2. The zero-order chi connectivity index (χ0) is 27.3. The van der Waals surface area contributed by atoms with Gasteiger partial charge in [-0.05, 0) is 37.2 Å². The van der Waals surface area contributed by atoms with Crippen LogP contribution in [-0.2, 0) is 27.4 Å². The van der Waals surface area contributed by atoms with Crippen LogP contribution in [0.25, 0.3) is 10.9 Å². The van der Waals surface area contributed by atoms with E-state index < -0.39 is 29.2 Å². The van der Waals surface area contributed by atoms with Gasteiger partial charge in [-0.25, -0.2) is 4.79 Å². The van der Waals surface area contributed by atoms with Crippen LogP contribution in [0.2, 0.25) is 0 Å². The molecule has 1 atom stereocenters. The Kier molecular flexibility index (Phi) is 8.40. The predicted molar refractivity (Wildman–Crippen MR) is 136 cm³/mol. The average Bonchev–Trinajstić information content (AvgIpc) is 3.51. The Morgan fingerprint density at radius 1 is 1.18 bits per heavy atom. The Hall–Kier alpha value is -3.80. The molecule has 204 valence electrons. The van der Waals surface area contributed by atoms with Crippen molar-refractivity contribution in [1.82, 2.24) is 30.6 Å².